The monoisotopic (exact) mass is 293 g/mol. The summed E-state index contributed by atoms with van der Waals surface area (Å²) in [7, 11) is 0. The summed E-state index contributed by atoms with van der Waals surface area (Å²) in [5.74, 6) is 0. The third kappa shape index (κ3) is 7.86. The zero-order valence-corrected chi connectivity index (χ0v) is 12.8. The molecule has 1 aromatic rings. The summed E-state index contributed by atoms with van der Waals surface area (Å²) in [4.78, 5) is 0. The van der Waals surface area contributed by atoms with Gasteiger partial charge in [0.05, 0.1) is 12.8 Å². The highest BCUT2D eigenvalue weighted by Crippen LogP contribution is 2.05. The number of ether oxygens (including phenoxy) is 1. The molecule has 0 fully saturated rings. The highest BCUT2D eigenvalue weighted by Gasteiger charge is 1.94. The lowest BCUT2D eigenvalue weighted by Crippen LogP contribution is -2.23. The third-order valence-electron chi connectivity index (χ3n) is 2.78. The Morgan fingerprint density at radius 1 is 1.30 bits per heavy atom. The number of nitrogens with one attached hydrogen (secondary N) is 1. The summed E-state index contributed by atoms with van der Waals surface area (Å²) in [5.41, 5.74) is 9.94. The number of benzene rings is 1. The van der Waals surface area contributed by atoms with E-state index >= 15 is 0 Å². The first-order chi connectivity index (χ1) is 9.72. The second-order valence-corrected chi connectivity index (χ2v) is 5.03. The van der Waals surface area contributed by atoms with E-state index in [1.807, 2.05) is 24.3 Å². The van der Waals surface area contributed by atoms with Crippen LogP contribution in [0.5, 0.6) is 0 Å². The van der Waals surface area contributed by atoms with E-state index in [1.54, 1.807) is 6.21 Å². The summed E-state index contributed by atoms with van der Waals surface area (Å²) in [5, 5.41) is 4.06. The number of hydrogen-bond donors (Lipinski definition) is 2. The fraction of sp³-hybridized carbons (Fsp3) is 0.467. The minimum atomic E-state index is 0.161. The molecule has 0 unspecified atom stereocenters. The maximum atomic E-state index is 5.64. The third-order valence-corrected chi connectivity index (χ3v) is 2.87. The molecule has 0 bridgehead atoms. The number of nitrogens with zero attached hydrogens (tertiary/aromatic N) is 1. The van der Waals surface area contributed by atoms with Crippen LogP contribution in [-0.2, 0) is 11.3 Å². The summed E-state index contributed by atoms with van der Waals surface area (Å²) in [6.45, 7) is 3.71. The van der Waals surface area contributed by atoms with Gasteiger partial charge in [0, 0.05) is 6.61 Å². The summed E-state index contributed by atoms with van der Waals surface area (Å²) in [6, 6.07) is 8.05. The Hall–Kier alpha value is -1.46. The number of thiocarbonyl (C=S) groups is 1. The summed E-state index contributed by atoms with van der Waals surface area (Å²) in [6.07, 6.45) is 6.62. The Morgan fingerprint density at radius 3 is 2.70 bits per heavy atom. The van der Waals surface area contributed by atoms with Crippen molar-refractivity contribution in [3.05, 3.63) is 35.4 Å². The molecule has 0 radical (unpaired) electrons. The van der Waals surface area contributed by atoms with Crippen molar-refractivity contribution in [3.63, 3.8) is 0 Å². The van der Waals surface area contributed by atoms with Gasteiger partial charge in [-0.25, -0.2) is 0 Å². The van der Waals surface area contributed by atoms with Crippen molar-refractivity contribution < 1.29 is 4.74 Å². The van der Waals surface area contributed by atoms with E-state index in [0.717, 1.165) is 18.6 Å². The normalized spacial score (nSPS) is 10.8. The van der Waals surface area contributed by atoms with E-state index in [0.29, 0.717) is 6.61 Å². The molecular weight excluding hydrogens is 270 g/mol. The van der Waals surface area contributed by atoms with Crippen LogP contribution in [0.25, 0.3) is 0 Å². The molecule has 1 aromatic carbocycles. The van der Waals surface area contributed by atoms with Gasteiger partial charge in [-0.3, -0.25) is 5.43 Å². The number of nitrogens with two attached hydrogens (primary N) is 1. The van der Waals surface area contributed by atoms with Gasteiger partial charge in [0.1, 0.15) is 0 Å². The first-order valence-corrected chi connectivity index (χ1v) is 7.38. The highest BCUT2D eigenvalue weighted by atomic mass is 32.1. The largest absolute Gasteiger partial charge is 0.377 e. The van der Waals surface area contributed by atoms with Gasteiger partial charge in [0.25, 0.3) is 0 Å². The quantitative estimate of drug-likeness (QED) is 0.318. The number of hydrazone groups is 1. The molecule has 3 N–H and O–H groups in total. The van der Waals surface area contributed by atoms with Gasteiger partial charge in [-0.05, 0) is 29.8 Å². The molecule has 0 atom stereocenters. The maximum Gasteiger partial charge on any atom is 0.184 e. The predicted octanol–water partition coefficient (Wildman–Crippen LogP) is 2.95. The molecule has 0 saturated carbocycles. The first kappa shape index (κ1) is 16.6. The lowest BCUT2D eigenvalue weighted by Gasteiger charge is -2.04. The van der Waals surface area contributed by atoms with Crippen molar-refractivity contribution in [3.8, 4) is 0 Å². The maximum absolute atomic E-state index is 5.64. The Bertz CT molecular complexity index is 418. The van der Waals surface area contributed by atoms with Crippen molar-refractivity contribution in [1.82, 2.24) is 5.43 Å². The molecule has 1 rings (SSSR count). The number of hydrogen-bond acceptors (Lipinski definition) is 3. The minimum Gasteiger partial charge on any atom is -0.377 e. The lowest BCUT2D eigenvalue weighted by molar-refractivity contribution is 0.117. The summed E-state index contributed by atoms with van der Waals surface area (Å²) >= 11 is 4.65. The molecule has 0 saturated heterocycles. The van der Waals surface area contributed by atoms with Gasteiger partial charge in [-0.1, -0.05) is 50.5 Å². The van der Waals surface area contributed by atoms with Crippen LogP contribution in [0, 0.1) is 0 Å². The topological polar surface area (TPSA) is 59.6 Å². The number of unbranched alkanes of at least 4 members (excludes halogenated alkanes) is 3. The molecule has 0 aliphatic rings. The van der Waals surface area contributed by atoms with Crippen molar-refractivity contribution in [2.75, 3.05) is 6.61 Å². The fourth-order valence-corrected chi connectivity index (χ4v) is 1.74. The average Bonchev–Trinajstić information content (AvgIpc) is 2.44. The van der Waals surface area contributed by atoms with Crippen LogP contribution in [0.3, 0.4) is 0 Å². The Morgan fingerprint density at radius 2 is 2.05 bits per heavy atom. The predicted molar refractivity (Wildman–Crippen MR) is 87.8 cm³/mol. The molecule has 0 spiro atoms. The standard InChI is InChI=1S/C15H23N3OS/c1-2-3-4-5-10-19-12-14-8-6-13(7-9-14)11-17-18-15(16)20/h6-9,11H,2-5,10,12H2,1H3,(H3,16,18,20). The fourth-order valence-electron chi connectivity index (χ4n) is 1.69. The van der Waals surface area contributed by atoms with Crippen molar-refractivity contribution in [1.29, 1.82) is 0 Å². The molecule has 0 amide bonds. The summed E-state index contributed by atoms with van der Waals surface area (Å²) < 4.78 is 5.64. The van der Waals surface area contributed by atoms with Gasteiger partial charge in [0.15, 0.2) is 5.11 Å². The lowest BCUT2D eigenvalue weighted by atomic mass is 10.1. The van der Waals surface area contributed by atoms with Gasteiger partial charge < -0.3 is 10.5 Å². The SMILES string of the molecule is CCCCCCOCc1ccc(C=NNC(N)=S)cc1. The van der Waals surface area contributed by atoms with Crippen LogP contribution in [0.1, 0.15) is 43.7 Å². The first-order valence-electron chi connectivity index (χ1n) is 6.97. The molecule has 5 heteroatoms. The van der Waals surface area contributed by atoms with Gasteiger partial charge in [-0.2, -0.15) is 5.10 Å². The van der Waals surface area contributed by atoms with E-state index < -0.39 is 0 Å². The minimum absolute atomic E-state index is 0.161. The van der Waals surface area contributed by atoms with Crippen LogP contribution in [-0.4, -0.2) is 17.9 Å². The Labute approximate surface area is 126 Å². The van der Waals surface area contributed by atoms with Crippen LogP contribution >= 0.6 is 12.2 Å². The Kier molecular flexibility index (Phi) is 8.58. The van der Waals surface area contributed by atoms with Crippen LogP contribution in [0.15, 0.2) is 29.4 Å². The number of rotatable bonds is 9. The molecular formula is C15H23N3OS. The van der Waals surface area contributed by atoms with E-state index in [4.69, 9.17) is 10.5 Å². The van der Waals surface area contributed by atoms with Crippen LogP contribution in [0.2, 0.25) is 0 Å². The van der Waals surface area contributed by atoms with Gasteiger partial charge >= 0.3 is 0 Å². The molecule has 0 aliphatic heterocycles. The van der Waals surface area contributed by atoms with Gasteiger partial charge in [0.2, 0.25) is 0 Å². The van der Waals surface area contributed by atoms with E-state index in [9.17, 15) is 0 Å². The van der Waals surface area contributed by atoms with Crippen molar-refractivity contribution in [2.45, 2.75) is 39.2 Å². The van der Waals surface area contributed by atoms with Crippen LogP contribution in [0.4, 0.5) is 0 Å². The van der Waals surface area contributed by atoms with E-state index in [1.165, 1.54) is 24.8 Å². The Balaban J connectivity index is 2.24. The second kappa shape index (κ2) is 10.3. The molecule has 4 nitrogen and oxygen atoms in total. The molecule has 0 aliphatic carbocycles. The molecule has 110 valence electrons. The van der Waals surface area contributed by atoms with E-state index in [2.05, 4.69) is 29.7 Å². The highest BCUT2D eigenvalue weighted by molar-refractivity contribution is 7.80. The van der Waals surface area contributed by atoms with Gasteiger partial charge in [-0.15, -0.1) is 0 Å². The zero-order valence-electron chi connectivity index (χ0n) is 12.0. The van der Waals surface area contributed by atoms with Crippen molar-refractivity contribution >= 4 is 23.5 Å². The second-order valence-electron chi connectivity index (χ2n) is 4.59. The molecule has 0 aromatic heterocycles. The molecule has 0 heterocycles. The van der Waals surface area contributed by atoms with E-state index in [-0.39, 0.29) is 5.11 Å². The average molecular weight is 293 g/mol. The smallest absolute Gasteiger partial charge is 0.184 e. The molecule has 20 heavy (non-hydrogen) atoms. The van der Waals surface area contributed by atoms with Crippen LogP contribution < -0.4 is 11.2 Å². The van der Waals surface area contributed by atoms with Crippen molar-refractivity contribution in [2.24, 2.45) is 10.8 Å². The zero-order chi connectivity index (χ0) is 14.6.